The molecule has 1 heterocycles. The Hall–Kier alpha value is -3.22. The van der Waals surface area contributed by atoms with Gasteiger partial charge in [0.15, 0.2) is 0 Å². The number of piperidine rings is 1. The molecule has 0 unspecified atom stereocenters. The third-order valence-corrected chi connectivity index (χ3v) is 5.36. The second-order valence-electron chi connectivity index (χ2n) is 7.50. The number of nitrogens with zero attached hydrogens (tertiary/aromatic N) is 1. The van der Waals surface area contributed by atoms with Crippen LogP contribution in [0.25, 0.3) is 0 Å². The quantitative estimate of drug-likeness (QED) is 0.691. The van der Waals surface area contributed by atoms with Gasteiger partial charge in [0, 0.05) is 30.6 Å². The van der Waals surface area contributed by atoms with Gasteiger partial charge >= 0.3 is 0 Å². The zero-order valence-electron chi connectivity index (χ0n) is 18.3. The van der Waals surface area contributed by atoms with Gasteiger partial charge in [0.2, 0.25) is 5.91 Å². The van der Waals surface area contributed by atoms with Gasteiger partial charge < -0.3 is 24.4 Å². The second-order valence-corrected chi connectivity index (χ2v) is 7.50. The summed E-state index contributed by atoms with van der Waals surface area (Å²) in [5.41, 5.74) is 1.20. The number of carbonyl (C=O) groups is 2. The Morgan fingerprint density at radius 2 is 1.68 bits per heavy atom. The number of para-hydroxylation sites is 2. The Morgan fingerprint density at radius 3 is 2.29 bits per heavy atom. The fraction of sp³-hybridized carbons (Fsp3) is 0.417. The molecule has 2 amide bonds. The molecular formula is C24H30N2O5. The molecule has 3 rings (SSSR count). The summed E-state index contributed by atoms with van der Waals surface area (Å²) >= 11 is 0. The molecular weight excluding hydrogens is 396 g/mol. The maximum Gasteiger partial charge on any atom is 0.254 e. The summed E-state index contributed by atoms with van der Waals surface area (Å²) in [6, 6.07) is 12.6. The number of methoxy groups -OCH3 is 2. The molecule has 2 aromatic rings. The summed E-state index contributed by atoms with van der Waals surface area (Å²) in [6.45, 7) is 3.68. The topological polar surface area (TPSA) is 77.1 Å². The molecule has 0 aromatic heterocycles. The van der Waals surface area contributed by atoms with Crippen LogP contribution in [0.15, 0.2) is 42.5 Å². The number of anilines is 1. The van der Waals surface area contributed by atoms with E-state index in [1.807, 2.05) is 31.2 Å². The van der Waals surface area contributed by atoms with Crippen LogP contribution in [0.2, 0.25) is 0 Å². The van der Waals surface area contributed by atoms with Crippen LogP contribution < -0.4 is 19.5 Å². The number of rotatable bonds is 8. The largest absolute Gasteiger partial charge is 0.497 e. The van der Waals surface area contributed by atoms with Crippen LogP contribution in [0, 0.1) is 5.92 Å². The van der Waals surface area contributed by atoms with Crippen molar-refractivity contribution in [2.45, 2.75) is 26.2 Å². The molecule has 31 heavy (non-hydrogen) atoms. The first-order chi connectivity index (χ1) is 15.0. The van der Waals surface area contributed by atoms with Crippen molar-refractivity contribution in [2.24, 2.45) is 5.92 Å². The highest BCUT2D eigenvalue weighted by atomic mass is 16.5. The summed E-state index contributed by atoms with van der Waals surface area (Å²) < 4.78 is 16.2. The Bertz CT molecular complexity index is 884. The van der Waals surface area contributed by atoms with E-state index in [1.165, 1.54) is 0 Å². The molecule has 0 bridgehead atoms. The predicted octanol–water partition coefficient (Wildman–Crippen LogP) is 3.98. The second kappa shape index (κ2) is 10.7. The number of likely N-dealkylation sites (tertiary alicyclic amines) is 1. The van der Waals surface area contributed by atoms with Crippen molar-refractivity contribution in [1.82, 2.24) is 4.90 Å². The van der Waals surface area contributed by atoms with E-state index in [0.29, 0.717) is 61.0 Å². The maximum atomic E-state index is 12.9. The summed E-state index contributed by atoms with van der Waals surface area (Å²) in [6.07, 6.45) is 2.11. The van der Waals surface area contributed by atoms with Gasteiger partial charge in [-0.15, -0.1) is 0 Å². The van der Waals surface area contributed by atoms with Gasteiger partial charge in [-0.2, -0.15) is 0 Å². The van der Waals surface area contributed by atoms with Gasteiger partial charge in [0.05, 0.1) is 26.5 Å². The minimum atomic E-state index is -0.150. The fourth-order valence-corrected chi connectivity index (χ4v) is 3.60. The Balaban J connectivity index is 1.59. The van der Waals surface area contributed by atoms with Crippen molar-refractivity contribution >= 4 is 17.5 Å². The number of hydrogen-bond donors (Lipinski definition) is 1. The van der Waals surface area contributed by atoms with Crippen molar-refractivity contribution < 1.29 is 23.8 Å². The third-order valence-electron chi connectivity index (χ3n) is 5.36. The molecule has 7 heteroatoms. The average molecular weight is 427 g/mol. The Labute approximate surface area is 183 Å². The van der Waals surface area contributed by atoms with E-state index < -0.39 is 0 Å². The lowest BCUT2D eigenvalue weighted by Crippen LogP contribution is -2.41. The van der Waals surface area contributed by atoms with Gasteiger partial charge in [-0.1, -0.05) is 19.1 Å². The molecule has 0 saturated carbocycles. The van der Waals surface area contributed by atoms with Crippen molar-refractivity contribution in [3.63, 3.8) is 0 Å². The molecule has 1 N–H and O–H groups in total. The lowest BCUT2D eigenvalue weighted by atomic mass is 9.95. The molecule has 0 atom stereocenters. The number of carbonyl (C=O) groups excluding carboxylic acids is 2. The van der Waals surface area contributed by atoms with E-state index in [4.69, 9.17) is 14.2 Å². The van der Waals surface area contributed by atoms with Crippen LogP contribution >= 0.6 is 0 Å². The maximum absolute atomic E-state index is 12.9. The third kappa shape index (κ3) is 5.69. The van der Waals surface area contributed by atoms with E-state index in [1.54, 1.807) is 37.3 Å². The van der Waals surface area contributed by atoms with Crippen LogP contribution in [-0.2, 0) is 4.79 Å². The van der Waals surface area contributed by atoms with Crippen molar-refractivity contribution in [3.05, 3.63) is 48.0 Å². The minimum absolute atomic E-state index is 0.0392. The summed E-state index contributed by atoms with van der Waals surface area (Å²) in [5.74, 6) is 1.54. The predicted molar refractivity (Wildman–Crippen MR) is 119 cm³/mol. The van der Waals surface area contributed by atoms with Crippen LogP contribution in [0.5, 0.6) is 17.2 Å². The zero-order valence-corrected chi connectivity index (χ0v) is 18.3. The molecule has 1 saturated heterocycles. The Kier molecular flexibility index (Phi) is 7.76. The average Bonchev–Trinajstić information content (AvgIpc) is 2.82. The molecule has 0 radical (unpaired) electrons. The SMILES string of the molecule is CCCOc1ccccc1NC(=O)C1CCN(C(=O)c2cc(OC)cc(OC)c2)CC1. The first-order valence-electron chi connectivity index (χ1n) is 10.6. The number of hydrogen-bond acceptors (Lipinski definition) is 5. The van der Waals surface area contributed by atoms with Gasteiger partial charge in [-0.25, -0.2) is 0 Å². The van der Waals surface area contributed by atoms with Crippen LogP contribution in [0.3, 0.4) is 0 Å². The summed E-state index contributed by atoms with van der Waals surface area (Å²) in [4.78, 5) is 27.5. The van der Waals surface area contributed by atoms with Crippen molar-refractivity contribution in [3.8, 4) is 17.2 Å². The monoisotopic (exact) mass is 426 g/mol. The van der Waals surface area contributed by atoms with Gasteiger partial charge in [-0.3, -0.25) is 9.59 Å². The lowest BCUT2D eigenvalue weighted by molar-refractivity contribution is -0.121. The number of amides is 2. The van der Waals surface area contributed by atoms with E-state index >= 15 is 0 Å². The summed E-state index contributed by atoms with van der Waals surface area (Å²) in [5, 5.41) is 2.99. The van der Waals surface area contributed by atoms with Crippen molar-refractivity contribution in [1.29, 1.82) is 0 Å². The first kappa shape index (κ1) is 22.5. The molecule has 7 nitrogen and oxygen atoms in total. The van der Waals surface area contributed by atoms with Crippen molar-refractivity contribution in [2.75, 3.05) is 39.2 Å². The summed E-state index contributed by atoms with van der Waals surface area (Å²) in [7, 11) is 3.11. The number of ether oxygens (including phenoxy) is 3. The highest BCUT2D eigenvalue weighted by molar-refractivity contribution is 5.96. The van der Waals surface area contributed by atoms with E-state index in [0.717, 1.165) is 6.42 Å². The number of benzene rings is 2. The lowest BCUT2D eigenvalue weighted by Gasteiger charge is -2.31. The zero-order chi connectivity index (χ0) is 22.2. The first-order valence-corrected chi connectivity index (χ1v) is 10.6. The number of nitrogens with one attached hydrogen (secondary N) is 1. The minimum Gasteiger partial charge on any atom is -0.497 e. The van der Waals surface area contributed by atoms with Gasteiger partial charge in [-0.05, 0) is 43.5 Å². The van der Waals surface area contributed by atoms with E-state index in [9.17, 15) is 9.59 Å². The molecule has 2 aromatic carbocycles. The highest BCUT2D eigenvalue weighted by Crippen LogP contribution is 2.28. The molecule has 0 spiro atoms. The van der Waals surface area contributed by atoms with E-state index in [2.05, 4.69) is 5.32 Å². The highest BCUT2D eigenvalue weighted by Gasteiger charge is 2.28. The molecule has 1 aliphatic heterocycles. The van der Waals surface area contributed by atoms with Crippen LogP contribution in [-0.4, -0.2) is 50.6 Å². The smallest absolute Gasteiger partial charge is 0.254 e. The molecule has 1 fully saturated rings. The normalized spacial score (nSPS) is 14.1. The molecule has 1 aliphatic rings. The van der Waals surface area contributed by atoms with E-state index in [-0.39, 0.29) is 17.7 Å². The molecule has 166 valence electrons. The standard InChI is InChI=1S/C24H30N2O5/c1-4-13-31-22-8-6-5-7-21(22)25-23(27)17-9-11-26(12-10-17)24(28)18-14-19(29-2)16-20(15-18)30-3/h5-8,14-17H,4,9-13H2,1-3H3,(H,25,27). The Morgan fingerprint density at radius 1 is 1.03 bits per heavy atom. The van der Waals surface area contributed by atoms with Crippen LogP contribution in [0.1, 0.15) is 36.5 Å². The van der Waals surface area contributed by atoms with Crippen LogP contribution in [0.4, 0.5) is 5.69 Å². The fourth-order valence-electron chi connectivity index (χ4n) is 3.60. The van der Waals surface area contributed by atoms with Gasteiger partial charge in [0.1, 0.15) is 17.2 Å². The van der Waals surface area contributed by atoms with Gasteiger partial charge in [0.25, 0.3) is 5.91 Å². The molecule has 0 aliphatic carbocycles.